The van der Waals surface area contributed by atoms with Crippen molar-refractivity contribution in [3.63, 3.8) is 0 Å². The number of nitrogens with zero attached hydrogens (tertiary/aromatic N) is 1. The molecular weight excluding hydrogens is 452 g/mol. The molecule has 5 aromatic rings. The molecule has 0 radical (unpaired) electrons. The van der Waals surface area contributed by atoms with Crippen LogP contribution in [0.25, 0.3) is 21.8 Å². The summed E-state index contributed by atoms with van der Waals surface area (Å²) in [5, 5.41) is 1.16. The molecule has 0 spiro atoms. The number of methoxy groups -OCH3 is 2. The van der Waals surface area contributed by atoms with Gasteiger partial charge in [-0.15, -0.1) is 0 Å². The summed E-state index contributed by atoms with van der Waals surface area (Å²) in [6.45, 7) is 1.89. The third kappa shape index (κ3) is 3.34. The van der Waals surface area contributed by atoms with Gasteiger partial charge >= 0.3 is 0 Å². The maximum Gasteiger partial charge on any atom is 0.268 e. The molecule has 0 aliphatic heterocycles. The number of H-pyrrole nitrogens is 1. The second-order valence-corrected chi connectivity index (χ2v) is 9.77. The van der Waals surface area contributed by atoms with E-state index in [1.165, 1.54) is 20.4 Å². The van der Waals surface area contributed by atoms with E-state index in [1.54, 1.807) is 60.8 Å². The van der Waals surface area contributed by atoms with Crippen LogP contribution in [0.15, 0.2) is 78.0 Å². The molecule has 3 aromatic carbocycles. The first-order valence-electron chi connectivity index (χ1n) is 10.6. The van der Waals surface area contributed by atoms with E-state index in [4.69, 9.17) is 9.47 Å². The van der Waals surface area contributed by atoms with Crippen molar-refractivity contribution < 1.29 is 22.7 Å². The lowest BCUT2D eigenvalue weighted by Gasteiger charge is -2.09. The molecule has 2 aromatic heterocycles. The fourth-order valence-corrected chi connectivity index (χ4v) is 5.53. The Balaban J connectivity index is 1.78. The van der Waals surface area contributed by atoms with E-state index in [2.05, 4.69) is 4.98 Å². The number of carbonyl (C=O) groups excluding carboxylic acids is 1. The van der Waals surface area contributed by atoms with Crippen LogP contribution in [-0.4, -0.2) is 37.4 Å². The number of aromatic amines is 1. The number of carbonyl (C=O) groups is 1. The van der Waals surface area contributed by atoms with E-state index in [0.29, 0.717) is 33.4 Å². The lowest BCUT2D eigenvalue weighted by atomic mass is 9.98. The van der Waals surface area contributed by atoms with Gasteiger partial charge in [0.1, 0.15) is 11.5 Å². The second kappa shape index (κ2) is 8.07. The molecule has 0 aliphatic rings. The van der Waals surface area contributed by atoms with Gasteiger partial charge in [-0.25, -0.2) is 12.4 Å². The average Bonchev–Trinajstić information content (AvgIpc) is 3.48. The molecule has 0 bridgehead atoms. The van der Waals surface area contributed by atoms with Crippen LogP contribution in [0.2, 0.25) is 0 Å². The lowest BCUT2D eigenvalue weighted by molar-refractivity contribution is 0.103. The van der Waals surface area contributed by atoms with Gasteiger partial charge < -0.3 is 14.5 Å². The van der Waals surface area contributed by atoms with Crippen LogP contribution in [0.3, 0.4) is 0 Å². The topological polar surface area (TPSA) is 90.4 Å². The maximum absolute atomic E-state index is 13.9. The Morgan fingerprint density at radius 1 is 0.912 bits per heavy atom. The van der Waals surface area contributed by atoms with Crippen molar-refractivity contribution in [2.45, 2.75) is 11.8 Å². The molecule has 34 heavy (non-hydrogen) atoms. The first-order chi connectivity index (χ1) is 16.3. The standard InChI is InChI=1S/C26H22N2O5S/c1-16-4-7-18(8-5-16)34(30,31)28-15-21(20-14-17(32-2)6-10-23(20)28)26(29)25-19-12-13-27-22(19)9-11-24(25)33-3/h4-15,27H,1-3H3. The Kier molecular flexibility index (Phi) is 5.17. The Bertz CT molecular complexity index is 1660. The number of ketones is 1. The van der Waals surface area contributed by atoms with Gasteiger partial charge in [-0.3, -0.25) is 4.79 Å². The number of rotatable bonds is 6. The van der Waals surface area contributed by atoms with Gasteiger partial charge in [0.2, 0.25) is 0 Å². The number of benzene rings is 3. The van der Waals surface area contributed by atoms with E-state index in [1.807, 2.05) is 13.0 Å². The van der Waals surface area contributed by atoms with Gasteiger partial charge in [0, 0.05) is 34.2 Å². The largest absolute Gasteiger partial charge is 0.497 e. The first kappa shape index (κ1) is 21.8. The number of fused-ring (bicyclic) bond motifs is 2. The molecule has 0 unspecified atom stereocenters. The highest BCUT2D eigenvalue weighted by molar-refractivity contribution is 7.90. The van der Waals surface area contributed by atoms with E-state index in [9.17, 15) is 13.2 Å². The first-order valence-corrected chi connectivity index (χ1v) is 12.0. The second-order valence-electron chi connectivity index (χ2n) is 7.95. The number of hydrogen-bond donors (Lipinski definition) is 1. The molecule has 0 aliphatic carbocycles. The molecule has 0 fully saturated rings. The minimum Gasteiger partial charge on any atom is -0.497 e. The quantitative estimate of drug-likeness (QED) is 0.353. The Morgan fingerprint density at radius 2 is 1.68 bits per heavy atom. The van der Waals surface area contributed by atoms with Gasteiger partial charge in [-0.05, 0) is 55.5 Å². The Hall–Kier alpha value is -4.04. The summed E-state index contributed by atoms with van der Waals surface area (Å²) in [4.78, 5) is 17.2. The number of nitrogens with one attached hydrogen (secondary N) is 1. The van der Waals surface area contributed by atoms with Crippen LogP contribution in [0, 0.1) is 6.92 Å². The van der Waals surface area contributed by atoms with Crippen molar-refractivity contribution in [2.75, 3.05) is 14.2 Å². The van der Waals surface area contributed by atoms with Crippen LogP contribution in [-0.2, 0) is 10.0 Å². The summed E-state index contributed by atoms with van der Waals surface area (Å²) in [7, 11) is -0.939. The van der Waals surface area contributed by atoms with Crippen LogP contribution in [0.4, 0.5) is 0 Å². The minimum atomic E-state index is -3.96. The molecule has 0 amide bonds. The highest BCUT2D eigenvalue weighted by Crippen LogP contribution is 2.35. The molecule has 8 heteroatoms. The molecule has 1 N–H and O–H groups in total. The Morgan fingerprint density at radius 3 is 2.38 bits per heavy atom. The zero-order valence-electron chi connectivity index (χ0n) is 18.8. The van der Waals surface area contributed by atoms with Crippen molar-refractivity contribution in [2.24, 2.45) is 0 Å². The summed E-state index contributed by atoms with van der Waals surface area (Å²) >= 11 is 0. The number of aromatic nitrogens is 2. The third-order valence-electron chi connectivity index (χ3n) is 5.94. The van der Waals surface area contributed by atoms with Crippen molar-refractivity contribution in [1.29, 1.82) is 0 Å². The summed E-state index contributed by atoms with van der Waals surface area (Å²) in [6.07, 6.45) is 3.13. The van der Waals surface area contributed by atoms with E-state index in [0.717, 1.165) is 15.1 Å². The number of ether oxygens (including phenoxy) is 2. The van der Waals surface area contributed by atoms with Crippen molar-refractivity contribution in [3.05, 3.63) is 89.7 Å². The average molecular weight is 475 g/mol. The van der Waals surface area contributed by atoms with Crippen LogP contribution in [0.5, 0.6) is 11.5 Å². The number of hydrogen-bond acceptors (Lipinski definition) is 5. The van der Waals surface area contributed by atoms with Crippen LogP contribution in [0.1, 0.15) is 21.5 Å². The molecule has 5 rings (SSSR count). The molecule has 7 nitrogen and oxygen atoms in total. The fourth-order valence-electron chi connectivity index (χ4n) is 4.16. The van der Waals surface area contributed by atoms with Gasteiger partial charge in [-0.1, -0.05) is 17.7 Å². The van der Waals surface area contributed by atoms with E-state index >= 15 is 0 Å². The zero-order chi connectivity index (χ0) is 24.0. The van der Waals surface area contributed by atoms with Crippen molar-refractivity contribution in [1.82, 2.24) is 8.96 Å². The zero-order valence-corrected chi connectivity index (χ0v) is 19.6. The van der Waals surface area contributed by atoms with Gasteiger partial charge in [0.15, 0.2) is 5.78 Å². The normalized spacial score (nSPS) is 11.7. The summed E-state index contributed by atoms with van der Waals surface area (Å²) in [6, 6.07) is 16.9. The predicted molar refractivity (Wildman–Crippen MR) is 131 cm³/mol. The highest BCUT2D eigenvalue weighted by atomic mass is 32.2. The van der Waals surface area contributed by atoms with E-state index < -0.39 is 10.0 Å². The molecule has 2 heterocycles. The molecular formula is C26H22N2O5S. The Labute approximate surface area is 196 Å². The summed E-state index contributed by atoms with van der Waals surface area (Å²) in [5.74, 6) is 0.569. The predicted octanol–water partition coefficient (Wildman–Crippen LogP) is 4.92. The fraction of sp³-hybridized carbons (Fsp3) is 0.115. The van der Waals surface area contributed by atoms with Gasteiger partial charge in [0.05, 0.1) is 30.2 Å². The molecule has 0 saturated carbocycles. The molecule has 172 valence electrons. The van der Waals surface area contributed by atoms with E-state index in [-0.39, 0.29) is 16.2 Å². The lowest BCUT2D eigenvalue weighted by Crippen LogP contribution is -2.12. The van der Waals surface area contributed by atoms with Crippen molar-refractivity contribution >= 4 is 37.6 Å². The van der Waals surface area contributed by atoms with Crippen molar-refractivity contribution in [3.8, 4) is 11.5 Å². The van der Waals surface area contributed by atoms with Gasteiger partial charge in [0.25, 0.3) is 10.0 Å². The minimum absolute atomic E-state index is 0.134. The van der Waals surface area contributed by atoms with Crippen LogP contribution < -0.4 is 9.47 Å². The number of aryl methyl sites for hydroxylation is 1. The third-order valence-corrected chi connectivity index (χ3v) is 7.63. The summed E-state index contributed by atoms with van der Waals surface area (Å²) in [5.41, 5.74) is 2.69. The summed E-state index contributed by atoms with van der Waals surface area (Å²) < 4.78 is 39.1. The van der Waals surface area contributed by atoms with Crippen LogP contribution >= 0.6 is 0 Å². The maximum atomic E-state index is 13.9. The highest BCUT2D eigenvalue weighted by Gasteiger charge is 2.27. The SMILES string of the molecule is COc1ccc2c(c1)c(C(=O)c1c(OC)ccc3[nH]ccc13)cn2S(=O)(=O)c1ccc(C)cc1. The van der Waals surface area contributed by atoms with Gasteiger partial charge in [-0.2, -0.15) is 0 Å². The smallest absolute Gasteiger partial charge is 0.268 e. The molecule has 0 atom stereocenters. The molecule has 0 saturated heterocycles. The monoisotopic (exact) mass is 474 g/mol.